The molecule has 1 heterocycles. The van der Waals surface area contributed by atoms with Crippen molar-refractivity contribution in [3.8, 4) is 0 Å². The standard InChI is InChI=1S/C8H9F3N2/c1-8(12,7(10)11)6-3-2-5(9)4-13-6/h2-4,7H,12H2,1H3. The summed E-state index contributed by atoms with van der Waals surface area (Å²) in [6.07, 6.45) is -1.87. The molecule has 0 saturated carbocycles. The molecular formula is C8H9F3N2. The lowest BCUT2D eigenvalue weighted by Gasteiger charge is -2.22. The number of aromatic nitrogens is 1. The van der Waals surface area contributed by atoms with E-state index in [2.05, 4.69) is 4.98 Å². The lowest BCUT2D eigenvalue weighted by Crippen LogP contribution is -2.41. The summed E-state index contributed by atoms with van der Waals surface area (Å²) in [5.41, 5.74) is 3.45. The topological polar surface area (TPSA) is 38.9 Å². The Morgan fingerprint density at radius 2 is 2.08 bits per heavy atom. The van der Waals surface area contributed by atoms with E-state index in [4.69, 9.17) is 5.73 Å². The first-order valence-electron chi connectivity index (χ1n) is 3.63. The van der Waals surface area contributed by atoms with E-state index in [1.54, 1.807) is 0 Å². The van der Waals surface area contributed by atoms with E-state index in [1.807, 2.05) is 0 Å². The van der Waals surface area contributed by atoms with Crippen molar-refractivity contribution in [1.82, 2.24) is 4.98 Å². The Bertz CT molecular complexity index is 282. The zero-order chi connectivity index (χ0) is 10.1. The Kier molecular flexibility index (Phi) is 2.56. The lowest BCUT2D eigenvalue weighted by molar-refractivity contribution is 0.0601. The third-order valence-electron chi connectivity index (χ3n) is 1.73. The van der Waals surface area contributed by atoms with Gasteiger partial charge in [-0.1, -0.05) is 0 Å². The fourth-order valence-corrected chi connectivity index (χ4v) is 0.806. The van der Waals surface area contributed by atoms with E-state index in [-0.39, 0.29) is 5.69 Å². The highest BCUT2D eigenvalue weighted by Gasteiger charge is 2.33. The third kappa shape index (κ3) is 1.98. The van der Waals surface area contributed by atoms with Gasteiger partial charge in [0.2, 0.25) is 0 Å². The second-order valence-corrected chi connectivity index (χ2v) is 2.95. The first kappa shape index (κ1) is 9.98. The summed E-state index contributed by atoms with van der Waals surface area (Å²) in [5.74, 6) is -0.575. The molecule has 72 valence electrons. The van der Waals surface area contributed by atoms with E-state index in [1.165, 1.54) is 0 Å². The summed E-state index contributed by atoms with van der Waals surface area (Å²) in [6.45, 7) is 1.15. The van der Waals surface area contributed by atoms with Gasteiger partial charge < -0.3 is 5.73 Å². The molecule has 2 nitrogen and oxygen atoms in total. The molecule has 0 aliphatic carbocycles. The van der Waals surface area contributed by atoms with Crippen LogP contribution in [0.3, 0.4) is 0 Å². The maximum Gasteiger partial charge on any atom is 0.261 e. The van der Waals surface area contributed by atoms with Crippen LogP contribution in [0.2, 0.25) is 0 Å². The molecule has 0 amide bonds. The molecule has 0 radical (unpaired) electrons. The Morgan fingerprint density at radius 3 is 2.46 bits per heavy atom. The van der Waals surface area contributed by atoms with Gasteiger partial charge in [0.25, 0.3) is 6.43 Å². The largest absolute Gasteiger partial charge is 0.316 e. The zero-order valence-corrected chi connectivity index (χ0v) is 6.97. The molecule has 0 aliphatic heterocycles. The average molecular weight is 190 g/mol. The number of halogens is 3. The number of hydrogen-bond donors (Lipinski definition) is 1. The number of nitrogens with zero attached hydrogens (tertiary/aromatic N) is 1. The second kappa shape index (κ2) is 3.33. The Morgan fingerprint density at radius 1 is 1.46 bits per heavy atom. The molecule has 0 spiro atoms. The van der Waals surface area contributed by atoms with Crippen LogP contribution in [-0.2, 0) is 5.54 Å². The summed E-state index contributed by atoms with van der Waals surface area (Å²) in [7, 11) is 0. The van der Waals surface area contributed by atoms with Crippen LogP contribution in [0.5, 0.6) is 0 Å². The van der Waals surface area contributed by atoms with Gasteiger partial charge in [-0.05, 0) is 19.1 Å². The summed E-state index contributed by atoms with van der Waals surface area (Å²) in [5, 5.41) is 0. The molecule has 2 N–H and O–H groups in total. The molecule has 0 aromatic carbocycles. The predicted octanol–water partition coefficient (Wildman–Crippen LogP) is 1.66. The minimum Gasteiger partial charge on any atom is -0.316 e. The van der Waals surface area contributed by atoms with Gasteiger partial charge in [-0.15, -0.1) is 0 Å². The van der Waals surface area contributed by atoms with E-state index < -0.39 is 17.8 Å². The van der Waals surface area contributed by atoms with Gasteiger partial charge in [0.15, 0.2) is 0 Å². The van der Waals surface area contributed by atoms with Crippen LogP contribution in [0.1, 0.15) is 12.6 Å². The van der Waals surface area contributed by atoms with Crippen LogP contribution in [-0.4, -0.2) is 11.4 Å². The molecule has 1 aromatic rings. The van der Waals surface area contributed by atoms with Crippen LogP contribution in [0.4, 0.5) is 13.2 Å². The highest BCUT2D eigenvalue weighted by molar-refractivity contribution is 5.15. The van der Waals surface area contributed by atoms with Crippen molar-refractivity contribution in [3.05, 3.63) is 29.8 Å². The second-order valence-electron chi connectivity index (χ2n) is 2.95. The van der Waals surface area contributed by atoms with Crippen LogP contribution < -0.4 is 5.73 Å². The maximum atomic E-state index is 12.4. The lowest BCUT2D eigenvalue weighted by atomic mass is 9.99. The molecule has 0 fully saturated rings. The van der Waals surface area contributed by atoms with Crippen molar-refractivity contribution in [2.75, 3.05) is 0 Å². The molecule has 1 atom stereocenters. The minimum absolute atomic E-state index is 0.0242. The van der Waals surface area contributed by atoms with Crippen molar-refractivity contribution in [1.29, 1.82) is 0 Å². The quantitative estimate of drug-likeness (QED) is 0.770. The molecule has 1 unspecified atom stereocenters. The molecule has 5 heteroatoms. The number of rotatable bonds is 2. The first-order valence-corrected chi connectivity index (χ1v) is 3.63. The van der Waals surface area contributed by atoms with Crippen molar-refractivity contribution in [2.45, 2.75) is 18.9 Å². The highest BCUT2D eigenvalue weighted by Crippen LogP contribution is 2.22. The monoisotopic (exact) mass is 190 g/mol. The fourth-order valence-electron chi connectivity index (χ4n) is 0.806. The van der Waals surface area contributed by atoms with Crippen LogP contribution in [0, 0.1) is 5.82 Å². The minimum atomic E-state index is -2.73. The van der Waals surface area contributed by atoms with Crippen molar-refractivity contribution in [2.24, 2.45) is 5.73 Å². The predicted molar refractivity (Wildman–Crippen MR) is 41.7 cm³/mol. The molecule has 13 heavy (non-hydrogen) atoms. The summed E-state index contributed by atoms with van der Waals surface area (Å²) >= 11 is 0. The van der Waals surface area contributed by atoms with Gasteiger partial charge in [-0.3, -0.25) is 4.98 Å². The van der Waals surface area contributed by atoms with E-state index >= 15 is 0 Å². The van der Waals surface area contributed by atoms with Crippen molar-refractivity contribution >= 4 is 0 Å². The summed E-state index contributed by atoms with van der Waals surface area (Å²) in [6, 6.07) is 2.21. The molecule has 0 saturated heterocycles. The van der Waals surface area contributed by atoms with Gasteiger partial charge in [-0.25, -0.2) is 13.2 Å². The Balaban J connectivity index is 3.01. The van der Waals surface area contributed by atoms with Gasteiger partial charge >= 0.3 is 0 Å². The third-order valence-corrected chi connectivity index (χ3v) is 1.73. The smallest absolute Gasteiger partial charge is 0.261 e. The number of hydrogen-bond acceptors (Lipinski definition) is 2. The number of nitrogens with two attached hydrogens (primary N) is 1. The maximum absolute atomic E-state index is 12.4. The SMILES string of the molecule is CC(N)(c1ccc(F)cn1)C(F)F. The highest BCUT2D eigenvalue weighted by atomic mass is 19.3. The molecule has 0 aliphatic rings. The first-order chi connectivity index (χ1) is 5.94. The number of pyridine rings is 1. The van der Waals surface area contributed by atoms with E-state index in [0.29, 0.717) is 0 Å². The van der Waals surface area contributed by atoms with Gasteiger partial charge in [0.1, 0.15) is 11.4 Å². The van der Waals surface area contributed by atoms with Crippen LogP contribution in [0.25, 0.3) is 0 Å². The van der Waals surface area contributed by atoms with Crippen molar-refractivity contribution < 1.29 is 13.2 Å². The molecular weight excluding hydrogens is 181 g/mol. The normalized spacial score (nSPS) is 15.8. The van der Waals surface area contributed by atoms with Gasteiger partial charge in [0, 0.05) is 0 Å². The van der Waals surface area contributed by atoms with E-state index in [9.17, 15) is 13.2 Å². The van der Waals surface area contributed by atoms with Crippen LogP contribution in [0.15, 0.2) is 18.3 Å². The van der Waals surface area contributed by atoms with Gasteiger partial charge in [-0.2, -0.15) is 0 Å². The Hall–Kier alpha value is -1.10. The molecule has 1 aromatic heterocycles. The van der Waals surface area contributed by atoms with Gasteiger partial charge in [0.05, 0.1) is 11.9 Å². The fraction of sp³-hybridized carbons (Fsp3) is 0.375. The Labute approximate surface area is 73.6 Å². The number of alkyl halides is 2. The summed E-state index contributed by atoms with van der Waals surface area (Å²) < 4.78 is 37.1. The zero-order valence-electron chi connectivity index (χ0n) is 6.97. The van der Waals surface area contributed by atoms with Crippen molar-refractivity contribution in [3.63, 3.8) is 0 Å². The average Bonchev–Trinajstić information content (AvgIpc) is 2.04. The van der Waals surface area contributed by atoms with E-state index in [0.717, 1.165) is 25.3 Å². The molecule has 1 rings (SSSR count). The summed E-state index contributed by atoms with van der Waals surface area (Å²) in [4.78, 5) is 3.49. The van der Waals surface area contributed by atoms with Crippen LogP contribution >= 0.6 is 0 Å². The molecule has 0 bridgehead atoms.